The summed E-state index contributed by atoms with van der Waals surface area (Å²) >= 11 is 0. The van der Waals surface area contributed by atoms with Gasteiger partial charge in [-0.25, -0.2) is 5.09 Å². The van der Waals surface area contributed by atoms with Crippen LogP contribution in [0.5, 0.6) is 0 Å². The van der Waals surface area contributed by atoms with Gasteiger partial charge in [-0.3, -0.25) is 4.57 Å². The second kappa shape index (κ2) is 12.6. The third-order valence-corrected chi connectivity index (χ3v) is 3.97. The normalized spacial score (nSPS) is 13.8. The van der Waals surface area contributed by atoms with Crippen LogP contribution in [0.15, 0.2) is 0 Å². The SMILES string of the molecule is C[C](C)CCCOCCCOCCCC(C)(C)N[PH](=O)O. The molecule has 0 aromatic heterocycles. The molecule has 0 aromatic carbocycles. The van der Waals surface area contributed by atoms with Crippen LogP contribution in [0.25, 0.3) is 0 Å². The Morgan fingerprint density at radius 1 is 1.05 bits per heavy atom. The summed E-state index contributed by atoms with van der Waals surface area (Å²) in [5, 5.41) is 2.68. The predicted molar refractivity (Wildman–Crippen MR) is 87.7 cm³/mol. The van der Waals surface area contributed by atoms with Crippen molar-refractivity contribution in [3.63, 3.8) is 0 Å². The number of ether oxygens (including phenoxy) is 2. The van der Waals surface area contributed by atoms with Crippen LogP contribution >= 0.6 is 8.18 Å². The van der Waals surface area contributed by atoms with Gasteiger partial charge in [0.1, 0.15) is 0 Å². The molecule has 0 bridgehead atoms. The Bertz CT molecular complexity index is 272. The van der Waals surface area contributed by atoms with E-state index in [-0.39, 0.29) is 5.54 Å². The van der Waals surface area contributed by atoms with Gasteiger partial charge < -0.3 is 14.4 Å². The summed E-state index contributed by atoms with van der Waals surface area (Å²) in [5.74, 6) is 1.45. The average Bonchev–Trinajstić information content (AvgIpc) is 2.33. The van der Waals surface area contributed by atoms with Crippen LogP contribution in [0.1, 0.15) is 59.8 Å². The van der Waals surface area contributed by atoms with Crippen LogP contribution in [0.4, 0.5) is 0 Å². The van der Waals surface area contributed by atoms with E-state index in [1.807, 2.05) is 13.8 Å². The minimum absolute atomic E-state index is 0.314. The molecule has 0 aliphatic rings. The first-order valence-electron chi connectivity index (χ1n) is 7.79. The molecule has 0 saturated carbocycles. The van der Waals surface area contributed by atoms with Crippen molar-refractivity contribution in [1.29, 1.82) is 0 Å². The van der Waals surface area contributed by atoms with Crippen LogP contribution in [0.2, 0.25) is 0 Å². The first kappa shape index (κ1) is 21.1. The van der Waals surface area contributed by atoms with Gasteiger partial charge in [0.25, 0.3) is 8.18 Å². The minimum atomic E-state index is -2.62. The van der Waals surface area contributed by atoms with Gasteiger partial charge in [0.2, 0.25) is 0 Å². The molecule has 5 nitrogen and oxygen atoms in total. The van der Waals surface area contributed by atoms with Crippen molar-refractivity contribution < 1.29 is 18.9 Å². The first-order chi connectivity index (χ1) is 9.83. The molecule has 1 atom stereocenters. The van der Waals surface area contributed by atoms with Crippen LogP contribution in [-0.2, 0) is 14.0 Å². The van der Waals surface area contributed by atoms with E-state index in [0.717, 1.165) is 45.3 Å². The number of hydrogen-bond acceptors (Lipinski definition) is 3. The Balaban J connectivity index is 3.27. The molecule has 21 heavy (non-hydrogen) atoms. The summed E-state index contributed by atoms with van der Waals surface area (Å²) in [6.07, 6.45) is 4.84. The average molecular weight is 322 g/mol. The van der Waals surface area contributed by atoms with Crippen molar-refractivity contribution in [2.24, 2.45) is 0 Å². The van der Waals surface area contributed by atoms with E-state index in [0.29, 0.717) is 13.2 Å². The lowest BCUT2D eigenvalue weighted by Gasteiger charge is -2.24. The van der Waals surface area contributed by atoms with E-state index in [9.17, 15) is 4.57 Å². The summed E-state index contributed by atoms with van der Waals surface area (Å²) in [4.78, 5) is 8.87. The van der Waals surface area contributed by atoms with Crippen molar-refractivity contribution in [2.75, 3.05) is 26.4 Å². The zero-order valence-corrected chi connectivity index (χ0v) is 15.0. The van der Waals surface area contributed by atoms with Gasteiger partial charge in [-0.2, -0.15) is 0 Å². The fraction of sp³-hybridized carbons (Fsp3) is 0.933. The molecule has 0 heterocycles. The fourth-order valence-corrected chi connectivity index (χ4v) is 2.67. The van der Waals surface area contributed by atoms with E-state index < -0.39 is 8.18 Å². The third kappa shape index (κ3) is 16.3. The van der Waals surface area contributed by atoms with E-state index in [4.69, 9.17) is 14.4 Å². The summed E-state index contributed by atoms with van der Waals surface area (Å²) < 4.78 is 21.8. The van der Waals surface area contributed by atoms with Crippen LogP contribution in [-0.4, -0.2) is 36.9 Å². The second-order valence-corrected chi connectivity index (χ2v) is 7.17. The Kier molecular flexibility index (Phi) is 12.6. The van der Waals surface area contributed by atoms with Crippen LogP contribution in [0.3, 0.4) is 0 Å². The van der Waals surface area contributed by atoms with Crippen molar-refractivity contribution in [2.45, 2.75) is 65.3 Å². The van der Waals surface area contributed by atoms with Gasteiger partial charge in [-0.05, 0) is 51.9 Å². The molecule has 127 valence electrons. The highest BCUT2D eigenvalue weighted by Crippen LogP contribution is 2.19. The molecule has 0 rings (SSSR count). The van der Waals surface area contributed by atoms with Gasteiger partial charge in [0.05, 0.1) is 0 Å². The molecular weight excluding hydrogens is 289 g/mol. The fourth-order valence-electron chi connectivity index (χ4n) is 1.96. The monoisotopic (exact) mass is 322 g/mol. The minimum Gasteiger partial charge on any atom is -0.381 e. The molecular formula is C15H33NO4P. The molecule has 0 fully saturated rings. The van der Waals surface area contributed by atoms with Gasteiger partial charge in [-0.15, -0.1) is 0 Å². The molecule has 0 aromatic rings. The quantitative estimate of drug-likeness (QED) is 0.379. The van der Waals surface area contributed by atoms with E-state index in [2.05, 4.69) is 18.9 Å². The Labute approximate surface area is 130 Å². The Hall–Kier alpha value is 0.0700. The van der Waals surface area contributed by atoms with Gasteiger partial charge in [0.15, 0.2) is 0 Å². The van der Waals surface area contributed by atoms with Gasteiger partial charge >= 0.3 is 0 Å². The van der Waals surface area contributed by atoms with E-state index in [1.165, 1.54) is 5.92 Å². The Morgan fingerprint density at radius 2 is 1.57 bits per heavy atom. The molecule has 2 N–H and O–H groups in total. The lowest BCUT2D eigenvalue weighted by atomic mass is 10.0. The summed E-state index contributed by atoms with van der Waals surface area (Å²) in [6, 6.07) is 0. The van der Waals surface area contributed by atoms with Gasteiger partial charge in [-0.1, -0.05) is 13.8 Å². The molecule has 6 heteroatoms. The smallest absolute Gasteiger partial charge is 0.256 e. The highest BCUT2D eigenvalue weighted by Gasteiger charge is 2.18. The maximum absolute atomic E-state index is 10.8. The zero-order valence-electron chi connectivity index (χ0n) is 14.0. The largest absolute Gasteiger partial charge is 0.381 e. The standard InChI is InChI=1S/C15H33NO4P/c1-14(2)8-5-10-19-12-7-13-20-11-6-9-15(3,4)16-21(17)18/h21H,5-13H2,1-4H3,(H2,16,17,18). The van der Waals surface area contributed by atoms with Gasteiger partial charge in [0, 0.05) is 32.0 Å². The number of hydrogen-bond donors (Lipinski definition) is 2. The molecule has 1 unspecified atom stereocenters. The van der Waals surface area contributed by atoms with Crippen molar-refractivity contribution in [3.05, 3.63) is 5.92 Å². The molecule has 1 radical (unpaired) electrons. The third-order valence-electron chi connectivity index (χ3n) is 3.08. The first-order valence-corrected chi connectivity index (χ1v) is 9.15. The zero-order chi connectivity index (χ0) is 16.1. The van der Waals surface area contributed by atoms with Crippen molar-refractivity contribution in [3.8, 4) is 0 Å². The maximum Gasteiger partial charge on any atom is 0.256 e. The van der Waals surface area contributed by atoms with Crippen molar-refractivity contribution in [1.82, 2.24) is 5.09 Å². The van der Waals surface area contributed by atoms with Crippen LogP contribution in [0, 0.1) is 5.92 Å². The number of rotatable bonds is 14. The molecule has 0 saturated heterocycles. The predicted octanol–water partition coefficient (Wildman–Crippen LogP) is 3.33. The highest BCUT2D eigenvalue weighted by atomic mass is 31.1. The van der Waals surface area contributed by atoms with Crippen LogP contribution < -0.4 is 5.09 Å². The van der Waals surface area contributed by atoms with E-state index >= 15 is 0 Å². The second-order valence-electron chi connectivity index (χ2n) is 6.31. The summed E-state index contributed by atoms with van der Waals surface area (Å²) in [7, 11) is -2.62. The lowest BCUT2D eigenvalue weighted by molar-refractivity contribution is 0.0783. The Morgan fingerprint density at radius 3 is 2.10 bits per heavy atom. The molecule has 0 amide bonds. The molecule has 0 aliphatic carbocycles. The summed E-state index contributed by atoms with van der Waals surface area (Å²) in [5.41, 5.74) is -0.314. The molecule has 0 aliphatic heterocycles. The van der Waals surface area contributed by atoms with E-state index in [1.54, 1.807) is 0 Å². The summed E-state index contributed by atoms with van der Waals surface area (Å²) in [6.45, 7) is 11.1. The number of nitrogens with one attached hydrogen (secondary N) is 1. The maximum atomic E-state index is 10.8. The lowest BCUT2D eigenvalue weighted by Crippen LogP contribution is -2.34. The van der Waals surface area contributed by atoms with Crippen molar-refractivity contribution >= 4 is 8.18 Å². The topological polar surface area (TPSA) is 67.8 Å². The highest BCUT2D eigenvalue weighted by molar-refractivity contribution is 7.35. The molecule has 0 spiro atoms.